The predicted molar refractivity (Wildman–Crippen MR) is 86.3 cm³/mol. The summed E-state index contributed by atoms with van der Waals surface area (Å²) in [4.78, 5) is 12.3. The first kappa shape index (κ1) is 16.2. The Balaban J connectivity index is 2.55. The molecule has 0 saturated heterocycles. The van der Waals surface area contributed by atoms with Crippen molar-refractivity contribution in [2.75, 3.05) is 6.54 Å². The van der Waals surface area contributed by atoms with E-state index >= 15 is 0 Å². The number of alkyl halides is 1. The number of hydrogen-bond acceptors (Lipinski definition) is 1. The highest BCUT2D eigenvalue weighted by Gasteiger charge is 2.12. The highest BCUT2D eigenvalue weighted by Crippen LogP contribution is 2.22. The van der Waals surface area contributed by atoms with Gasteiger partial charge in [-0.3, -0.25) is 4.79 Å². The lowest BCUT2D eigenvalue weighted by Crippen LogP contribution is -2.30. The molecule has 0 aliphatic carbocycles. The van der Waals surface area contributed by atoms with Gasteiger partial charge in [-0.2, -0.15) is 0 Å². The normalized spacial score (nSPS) is 12.6. The van der Waals surface area contributed by atoms with Crippen LogP contribution >= 0.6 is 47.8 Å². The van der Waals surface area contributed by atoms with E-state index in [1.165, 1.54) is 0 Å². The third kappa shape index (κ3) is 5.41. The van der Waals surface area contributed by atoms with Gasteiger partial charge in [0.05, 0.1) is 5.56 Å². The lowest BCUT2D eigenvalue weighted by atomic mass is 10.1. The first-order valence-corrected chi connectivity index (χ1v) is 8.27. The molecule has 1 unspecified atom stereocenters. The molecule has 1 amide bonds. The van der Waals surface area contributed by atoms with Crippen molar-refractivity contribution in [1.82, 2.24) is 5.32 Å². The summed E-state index contributed by atoms with van der Waals surface area (Å²) in [6, 6.07) is 5.53. The van der Waals surface area contributed by atoms with Crippen molar-refractivity contribution in [1.29, 1.82) is 0 Å². The van der Waals surface area contributed by atoms with Crippen LogP contribution in [0.4, 0.5) is 0 Å². The second-order valence-electron chi connectivity index (χ2n) is 4.56. The minimum atomic E-state index is -0.0532. The minimum absolute atomic E-state index is 0.0532. The molecule has 0 bridgehead atoms. The number of benzene rings is 1. The Morgan fingerprint density at radius 2 is 2.00 bits per heavy atom. The van der Waals surface area contributed by atoms with Gasteiger partial charge >= 0.3 is 0 Å². The molecule has 0 radical (unpaired) electrons. The van der Waals surface area contributed by atoms with Gasteiger partial charge in [0.1, 0.15) is 0 Å². The molecule has 100 valence electrons. The van der Waals surface area contributed by atoms with Crippen LogP contribution in [0.25, 0.3) is 0 Å². The van der Waals surface area contributed by atoms with Gasteiger partial charge in [0, 0.05) is 20.3 Å². The van der Waals surface area contributed by atoms with E-state index in [2.05, 4.69) is 67.0 Å². The Morgan fingerprint density at radius 3 is 2.56 bits per heavy atom. The Labute approximate surface area is 133 Å². The standard InChI is InChI=1S/C13H16Br3NO/c1-8(2)5-10(15)7-17-13(18)11-4-3-9(14)6-12(11)16/h3-4,6,8,10H,5,7H2,1-2H3,(H,17,18). The maximum Gasteiger partial charge on any atom is 0.252 e. The molecule has 1 aromatic rings. The van der Waals surface area contributed by atoms with Crippen molar-refractivity contribution in [3.05, 3.63) is 32.7 Å². The minimum Gasteiger partial charge on any atom is -0.351 e. The summed E-state index contributed by atoms with van der Waals surface area (Å²) in [6.07, 6.45) is 1.04. The zero-order valence-electron chi connectivity index (χ0n) is 10.3. The van der Waals surface area contributed by atoms with Crippen LogP contribution in [0.1, 0.15) is 30.6 Å². The lowest BCUT2D eigenvalue weighted by molar-refractivity contribution is 0.0952. The summed E-state index contributed by atoms with van der Waals surface area (Å²) in [7, 11) is 0. The van der Waals surface area contributed by atoms with Crippen LogP contribution in [0.2, 0.25) is 0 Å². The van der Waals surface area contributed by atoms with Crippen LogP contribution in [0, 0.1) is 5.92 Å². The molecule has 0 aliphatic rings. The van der Waals surface area contributed by atoms with E-state index in [0.29, 0.717) is 22.9 Å². The van der Waals surface area contributed by atoms with Crippen LogP contribution < -0.4 is 5.32 Å². The number of hydrogen-bond donors (Lipinski definition) is 1. The fourth-order valence-electron chi connectivity index (χ4n) is 1.57. The summed E-state index contributed by atoms with van der Waals surface area (Å²) < 4.78 is 1.74. The quantitative estimate of drug-likeness (QED) is 0.656. The van der Waals surface area contributed by atoms with Crippen LogP contribution in [0.15, 0.2) is 27.1 Å². The molecule has 1 rings (SSSR count). The SMILES string of the molecule is CC(C)CC(Br)CNC(=O)c1ccc(Br)cc1Br. The van der Waals surface area contributed by atoms with Crippen molar-refractivity contribution >= 4 is 53.7 Å². The molecular formula is C13H16Br3NO. The average Bonchev–Trinajstić information content (AvgIpc) is 2.25. The van der Waals surface area contributed by atoms with Gasteiger partial charge in [-0.15, -0.1) is 0 Å². The van der Waals surface area contributed by atoms with Crippen LogP contribution in [0.5, 0.6) is 0 Å². The van der Waals surface area contributed by atoms with Gasteiger partial charge in [0.25, 0.3) is 5.91 Å². The topological polar surface area (TPSA) is 29.1 Å². The molecule has 0 spiro atoms. The third-order valence-electron chi connectivity index (χ3n) is 2.39. The Kier molecular flexibility index (Phi) is 6.88. The molecule has 0 heterocycles. The van der Waals surface area contributed by atoms with Crippen molar-refractivity contribution < 1.29 is 4.79 Å². The summed E-state index contributed by atoms with van der Waals surface area (Å²) in [5.41, 5.74) is 0.655. The van der Waals surface area contributed by atoms with E-state index in [1.54, 1.807) is 6.07 Å². The molecule has 0 saturated carbocycles. The Hall–Kier alpha value is 0.130. The van der Waals surface area contributed by atoms with Gasteiger partial charge in [-0.1, -0.05) is 45.7 Å². The highest BCUT2D eigenvalue weighted by molar-refractivity contribution is 9.11. The number of carbonyl (C=O) groups is 1. The largest absolute Gasteiger partial charge is 0.351 e. The number of carbonyl (C=O) groups excluding carboxylic acids is 1. The van der Waals surface area contributed by atoms with Crippen molar-refractivity contribution in [3.63, 3.8) is 0 Å². The van der Waals surface area contributed by atoms with Crippen LogP contribution in [0.3, 0.4) is 0 Å². The van der Waals surface area contributed by atoms with E-state index < -0.39 is 0 Å². The number of nitrogens with one attached hydrogen (secondary N) is 1. The molecule has 0 aromatic heterocycles. The number of rotatable bonds is 5. The van der Waals surface area contributed by atoms with Gasteiger partial charge in [-0.25, -0.2) is 0 Å². The number of amides is 1. The Bertz CT molecular complexity index is 421. The maximum absolute atomic E-state index is 12.0. The molecule has 0 aliphatic heterocycles. The Morgan fingerprint density at radius 1 is 1.33 bits per heavy atom. The van der Waals surface area contributed by atoms with E-state index in [9.17, 15) is 4.79 Å². The van der Waals surface area contributed by atoms with Crippen molar-refractivity contribution in [3.8, 4) is 0 Å². The second-order valence-corrected chi connectivity index (χ2v) is 7.63. The lowest BCUT2D eigenvalue weighted by Gasteiger charge is -2.13. The molecule has 18 heavy (non-hydrogen) atoms. The molecule has 1 N–H and O–H groups in total. The molecular weight excluding hydrogens is 426 g/mol. The predicted octanol–water partition coefficient (Wildman–Crippen LogP) is 4.75. The fraction of sp³-hybridized carbons (Fsp3) is 0.462. The smallest absolute Gasteiger partial charge is 0.252 e. The van der Waals surface area contributed by atoms with Crippen LogP contribution in [-0.4, -0.2) is 17.3 Å². The number of halogens is 3. The molecule has 2 nitrogen and oxygen atoms in total. The second kappa shape index (κ2) is 7.65. The zero-order valence-corrected chi connectivity index (χ0v) is 15.1. The summed E-state index contributed by atoms with van der Waals surface area (Å²) in [6.45, 7) is 4.97. The van der Waals surface area contributed by atoms with Crippen molar-refractivity contribution in [2.24, 2.45) is 5.92 Å². The molecule has 5 heteroatoms. The van der Waals surface area contributed by atoms with Gasteiger partial charge < -0.3 is 5.32 Å². The first-order chi connectivity index (χ1) is 8.40. The zero-order chi connectivity index (χ0) is 13.7. The van der Waals surface area contributed by atoms with E-state index in [-0.39, 0.29) is 5.91 Å². The molecule has 1 aromatic carbocycles. The van der Waals surface area contributed by atoms with E-state index in [1.807, 2.05) is 12.1 Å². The average molecular weight is 442 g/mol. The summed E-state index contributed by atoms with van der Waals surface area (Å²) >= 11 is 10.3. The molecule has 1 atom stereocenters. The van der Waals surface area contributed by atoms with Gasteiger partial charge in [0.2, 0.25) is 0 Å². The highest BCUT2D eigenvalue weighted by atomic mass is 79.9. The summed E-state index contributed by atoms with van der Waals surface area (Å²) in [5, 5.41) is 2.93. The van der Waals surface area contributed by atoms with Crippen LogP contribution in [-0.2, 0) is 0 Å². The maximum atomic E-state index is 12.0. The van der Waals surface area contributed by atoms with E-state index in [0.717, 1.165) is 15.4 Å². The van der Waals surface area contributed by atoms with Gasteiger partial charge in [-0.05, 0) is 46.5 Å². The fourth-order valence-corrected chi connectivity index (χ4v) is 3.70. The van der Waals surface area contributed by atoms with Crippen molar-refractivity contribution in [2.45, 2.75) is 25.1 Å². The third-order valence-corrected chi connectivity index (χ3v) is 4.23. The van der Waals surface area contributed by atoms with E-state index in [4.69, 9.17) is 0 Å². The monoisotopic (exact) mass is 439 g/mol. The molecule has 0 fully saturated rings. The summed E-state index contributed by atoms with van der Waals surface area (Å²) in [5.74, 6) is 0.563. The van der Waals surface area contributed by atoms with Gasteiger partial charge in [0.15, 0.2) is 0 Å². The first-order valence-electron chi connectivity index (χ1n) is 5.77.